The average Bonchev–Trinajstić information content (AvgIpc) is 2.67. The summed E-state index contributed by atoms with van der Waals surface area (Å²) in [6.45, 7) is 0. The van der Waals surface area contributed by atoms with Crippen molar-refractivity contribution in [2.24, 2.45) is 0 Å². The number of benzene rings is 1. The summed E-state index contributed by atoms with van der Waals surface area (Å²) in [5.41, 5.74) is 0.948. The van der Waals surface area contributed by atoms with Gasteiger partial charge in [0.25, 0.3) is 0 Å². The number of nitrogens with zero attached hydrogens (tertiary/aromatic N) is 2. The molecule has 0 fully saturated rings. The Hall–Kier alpha value is -0.680. The third-order valence-corrected chi connectivity index (χ3v) is 2.69. The van der Waals surface area contributed by atoms with Crippen LogP contribution < -0.4 is 0 Å². The molecule has 0 N–H and O–H groups in total. The predicted molar refractivity (Wildman–Crippen MR) is 60.1 cm³/mol. The molecular formula is C9H6Br2N2O. The fourth-order valence-electron chi connectivity index (χ4n) is 1.03. The van der Waals surface area contributed by atoms with Crippen LogP contribution in [0, 0.1) is 0 Å². The molecule has 0 radical (unpaired) electrons. The molecule has 0 aliphatic rings. The van der Waals surface area contributed by atoms with Crippen molar-refractivity contribution in [2.75, 3.05) is 0 Å². The van der Waals surface area contributed by atoms with Gasteiger partial charge in [-0.3, -0.25) is 0 Å². The van der Waals surface area contributed by atoms with Crippen LogP contribution in [0.15, 0.2) is 33.3 Å². The first-order valence-electron chi connectivity index (χ1n) is 3.94. The fraction of sp³-hybridized carbons (Fsp3) is 0.111. The molecule has 1 aromatic carbocycles. The lowest BCUT2D eigenvalue weighted by molar-refractivity contribution is 0.392. The summed E-state index contributed by atoms with van der Waals surface area (Å²) in [4.78, 5) is 4.19. The normalized spacial score (nSPS) is 10.4. The Morgan fingerprint density at radius 1 is 1.21 bits per heavy atom. The maximum atomic E-state index is 4.98. The van der Waals surface area contributed by atoms with Crippen LogP contribution in [0.3, 0.4) is 0 Å². The van der Waals surface area contributed by atoms with Gasteiger partial charge in [0.15, 0.2) is 0 Å². The van der Waals surface area contributed by atoms with Crippen LogP contribution >= 0.6 is 31.9 Å². The molecule has 2 rings (SSSR count). The number of alkyl halides is 1. The molecule has 0 bridgehead atoms. The number of aromatic nitrogens is 2. The molecule has 0 atom stereocenters. The first-order chi connectivity index (χ1) is 6.79. The largest absolute Gasteiger partial charge is 0.338 e. The van der Waals surface area contributed by atoms with E-state index in [9.17, 15) is 0 Å². The van der Waals surface area contributed by atoms with Crippen molar-refractivity contribution in [3.8, 4) is 11.4 Å². The van der Waals surface area contributed by atoms with Gasteiger partial charge in [-0.15, -0.1) is 0 Å². The fourth-order valence-corrected chi connectivity index (χ4v) is 1.52. The van der Waals surface area contributed by atoms with E-state index >= 15 is 0 Å². The molecule has 0 aliphatic heterocycles. The van der Waals surface area contributed by atoms with E-state index in [4.69, 9.17) is 4.52 Å². The molecule has 1 aromatic heterocycles. The van der Waals surface area contributed by atoms with E-state index in [1.165, 1.54) is 0 Å². The van der Waals surface area contributed by atoms with Crippen LogP contribution in [0.4, 0.5) is 0 Å². The van der Waals surface area contributed by atoms with Crippen LogP contribution in [0.25, 0.3) is 11.4 Å². The second-order valence-corrected chi connectivity index (χ2v) is 4.13. The van der Waals surface area contributed by atoms with Crippen molar-refractivity contribution in [3.05, 3.63) is 34.6 Å². The Morgan fingerprint density at radius 3 is 2.50 bits per heavy atom. The van der Waals surface area contributed by atoms with Gasteiger partial charge in [-0.05, 0) is 24.3 Å². The van der Waals surface area contributed by atoms with E-state index in [-0.39, 0.29) is 0 Å². The number of hydrogen-bond donors (Lipinski definition) is 0. The van der Waals surface area contributed by atoms with Crippen molar-refractivity contribution in [1.82, 2.24) is 10.1 Å². The van der Waals surface area contributed by atoms with Gasteiger partial charge >= 0.3 is 0 Å². The number of hydrogen-bond acceptors (Lipinski definition) is 3. The summed E-state index contributed by atoms with van der Waals surface area (Å²) >= 11 is 6.62. The van der Waals surface area contributed by atoms with Crippen LogP contribution in [-0.4, -0.2) is 10.1 Å². The summed E-state index contributed by atoms with van der Waals surface area (Å²) in [6, 6.07) is 7.76. The molecular weight excluding hydrogens is 312 g/mol. The van der Waals surface area contributed by atoms with E-state index < -0.39 is 0 Å². The first-order valence-corrected chi connectivity index (χ1v) is 5.85. The predicted octanol–water partition coefficient (Wildman–Crippen LogP) is 3.39. The zero-order valence-electron chi connectivity index (χ0n) is 7.08. The van der Waals surface area contributed by atoms with E-state index in [1.54, 1.807) is 0 Å². The Kier molecular flexibility index (Phi) is 2.98. The zero-order valence-corrected chi connectivity index (χ0v) is 10.2. The second-order valence-electron chi connectivity index (χ2n) is 2.65. The molecule has 5 heteroatoms. The van der Waals surface area contributed by atoms with Gasteiger partial charge in [0.1, 0.15) is 0 Å². The van der Waals surface area contributed by atoms with Crippen LogP contribution in [0.2, 0.25) is 0 Å². The van der Waals surface area contributed by atoms with E-state index in [1.807, 2.05) is 24.3 Å². The van der Waals surface area contributed by atoms with Crippen molar-refractivity contribution in [2.45, 2.75) is 5.33 Å². The molecule has 72 valence electrons. The molecule has 3 nitrogen and oxygen atoms in total. The van der Waals surface area contributed by atoms with Crippen LogP contribution in [0.1, 0.15) is 5.89 Å². The molecule has 0 saturated heterocycles. The van der Waals surface area contributed by atoms with Crippen LogP contribution in [-0.2, 0) is 5.33 Å². The smallest absolute Gasteiger partial charge is 0.237 e. The van der Waals surface area contributed by atoms with E-state index in [0.717, 1.165) is 10.0 Å². The number of halogens is 2. The maximum absolute atomic E-state index is 4.98. The summed E-state index contributed by atoms with van der Waals surface area (Å²) in [5, 5.41) is 4.44. The highest BCUT2D eigenvalue weighted by atomic mass is 79.9. The second kappa shape index (κ2) is 4.23. The quantitative estimate of drug-likeness (QED) is 0.797. The SMILES string of the molecule is BrCc1nc(-c2ccc(Br)cc2)no1. The highest BCUT2D eigenvalue weighted by Gasteiger charge is 2.06. The zero-order chi connectivity index (χ0) is 9.97. The Bertz CT molecular complexity index is 425. The van der Waals surface area contributed by atoms with Crippen molar-refractivity contribution in [3.63, 3.8) is 0 Å². The lowest BCUT2D eigenvalue weighted by atomic mass is 10.2. The minimum absolute atomic E-state index is 0.580. The van der Waals surface area contributed by atoms with Gasteiger partial charge in [0.2, 0.25) is 11.7 Å². The third-order valence-electron chi connectivity index (χ3n) is 1.68. The Morgan fingerprint density at radius 2 is 1.93 bits per heavy atom. The topological polar surface area (TPSA) is 38.9 Å². The monoisotopic (exact) mass is 316 g/mol. The molecule has 1 heterocycles. The molecule has 0 amide bonds. The lowest BCUT2D eigenvalue weighted by Gasteiger charge is -1.93. The Labute approximate surface area is 97.8 Å². The van der Waals surface area contributed by atoms with Gasteiger partial charge < -0.3 is 4.52 Å². The summed E-state index contributed by atoms with van der Waals surface area (Å²) in [5.74, 6) is 1.20. The molecule has 2 aromatic rings. The van der Waals surface area contributed by atoms with Crippen molar-refractivity contribution < 1.29 is 4.52 Å². The summed E-state index contributed by atoms with van der Waals surface area (Å²) in [7, 11) is 0. The van der Waals surface area contributed by atoms with Gasteiger partial charge in [-0.1, -0.05) is 37.0 Å². The van der Waals surface area contributed by atoms with Crippen molar-refractivity contribution in [1.29, 1.82) is 0 Å². The molecule has 0 saturated carbocycles. The van der Waals surface area contributed by atoms with Gasteiger partial charge in [0, 0.05) is 10.0 Å². The minimum atomic E-state index is 0.580. The Balaban J connectivity index is 2.34. The summed E-state index contributed by atoms with van der Waals surface area (Å²) < 4.78 is 6.01. The van der Waals surface area contributed by atoms with E-state index in [0.29, 0.717) is 17.0 Å². The van der Waals surface area contributed by atoms with E-state index in [2.05, 4.69) is 42.0 Å². The maximum Gasteiger partial charge on any atom is 0.237 e. The molecule has 0 unspecified atom stereocenters. The highest BCUT2D eigenvalue weighted by molar-refractivity contribution is 9.10. The van der Waals surface area contributed by atoms with Crippen molar-refractivity contribution >= 4 is 31.9 Å². The minimum Gasteiger partial charge on any atom is -0.338 e. The summed E-state index contributed by atoms with van der Waals surface area (Å²) in [6.07, 6.45) is 0. The third kappa shape index (κ3) is 2.04. The van der Waals surface area contributed by atoms with Crippen LogP contribution in [0.5, 0.6) is 0 Å². The first kappa shape index (κ1) is 9.86. The lowest BCUT2D eigenvalue weighted by Crippen LogP contribution is -1.80. The molecule has 0 spiro atoms. The molecule has 0 aliphatic carbocycles. The average molecular weight is 318 g/mol. The molecule has 14 heavy (non-hydrogen) atoms. The van der Waals surface area contributed by atoms with Gasteiger partial charge in [-0.2, -0.15) is 4.98 Å². The highest BCUT2D eigenvalue weighted by Crippen LogP contribution is 2.19. The van der Waals surface area contributed by atoms with Gasteiger partial charge in [-0.25, -0.2) is 0 Å². The van der Waals surface area contributed by atoms with Gasteiger partial charge in [0.05, 0.1) is 5.33 Å². The standard InChI is InChI=1S/C9H6Br2N2O/c10-5-8-12-9(13-14-8)6-1-3-7(11)4-2-6/h1-4H,5H2. The number of rotatable bonds is 2.